The van der Waals surface area contributed by atoms with Crippen LogP contribution < -0.4 is 10.1 Å². The lowest BCUT2D eigenvalue weighted by Gasteiger charge is -2.11. The first-order valence-electron chi connectivity index (χ1n) is 6.10. The van der Waals surface area contributed by atoms with Crippen LogP contribution in [-0.2, 0) is 4.79 Å². The van der Waals surface area contributed by atoms with Crippen molar-refractivity contribution in [2.45, 2.75) is 0 Å². The van der Waals surface area contributed by atoms with Gasteiger partial charge in [-0.2, -0.15) is 0 Å². The molecule has 0 aromatic heterocycles. The van der Waals surface area contributed by atoms with E-state index in [2.05, 4.69) is 5.32 Å². The first kappa shape index (κ1) is 14.4. The van der Waals surface area contributed by atoms with Crippen LogP contribution in [0.15, 0.2) is 48.5 Å². The molecule has 1 amide bonds. The number of nitrogens with one attached hydrogen (secondary N) is 1. The highest BCUT2D eigenvalue weighted by atomic mass is 16.5. The molecule has 2 aromatic rings. The number of aliphatic carboxylic acids is 1. The molecule has 0 aliphatic rings. The first-order valence-corrected chi connectivity index (χ1v) is 6.10. The van der Waals surface area contributed by atoms with Gasteiger partial charge in [0.25, 0.3) is 5.91 Å². The van der Waals surface area contributed by atoms with Crippen molar-refractivity contribution in [3.8, 4) is 11.5 Å². The van der Waals surface area contributed by atoms with Gasteiger partial charge < -0.3 is 20.3 Å². The van der Waals surface area contributed by atoms with E-state index in [0.717, 1.165) is 0 Å². The normalized spacial score (nSPS) is 9.90. The molecule has 0 atom stereocenters. The van der Waals surface area contributed by atoms with Gasteiger partial charge in [-0.3, -0.25) is 4.79 Å². The summed E-state index contributed by atoms with van der Waals surface area (Å²) in [6, 6.07) is 12.3. The Labute approximate surface area is 120 Å². The van der Waals surface area contributed by atoms with E-state index in [0.29, 0.717) is 11.3 Å². The summed E-state index contributed by atoms with van der Waals surface area (Å²) in [6.45, 7) is -0.494. The van der Waals surface area contributed by atoms with Crippen molar-refractivity contribution in [1.29, 1.82) is 0 Å². The summed E-state index contributed by atoms with van der Waals surface area (Å²) in [7, 11) is 0. The number of aromatic hydroxyl groups is 1. The van der Waals surface area contributed by atoms with Crippen LogP contribution >= 0.6 is 0 Å². The zero-order chi connectivity index (χ0) is 15.2. The minimum absolute atomic E-state index is 0.0664. The third-order valence-electron chi connectivity index (χ3n) is 2.62. The summed E-state index contributed by atoms with van der Waals surface area (Å²) in [4.78, 5) is 22.6. The Hall–Kier alpha value is -3.02. The fourth-order valence-corrected chi connectivity index (χ4v) is 1.64. The van der Waals surface area contributed by atoms with E-state index in [1.807, 2.05) is 0 Å². The van der Waals surface area contributed by atoms with Crippen LogP contribution in [0.25, 0.3) is 0 Å². The molecule has 6 nitrogen and oxygen atoms in total. The molecule has 2 rings (SSSR count). The second-order valence-electron chi connectivity index (χ2n) is 4.18. The van der Waals surface area contributed by atoms with Gasteiger partial charge in [0, 0.05) is 5.56 Å². The Morgan fingerprint density at radius 3 is 2.38 bits per heavy atom. The number of para-hydroxylation sites is 2. The maximum atomic E-state index is 12.1. The molecule has 0 radical (unpaired) electrons. The topological polar surface area (TPSA) is 95.9 Å². The molecule has 0 bridgehead atoms. The number of hydrogen-bond acceptors (Lipinski definition) is 4. The molecule has 3 N–H and O–H groups in total. The Kier molecular flexibility index (Phi) is 4.40. The van der Waals surface area contributed by atoms with Gasteiger partial charge in [-0.25, -0.2) is 4.79 Å². The van der Waals surface area contributed by atoms with E-state index >= 15 is 0 Å². The average Bonchev–Trinajstić information content (AvgIpc) is 2.47. The lowest BCUT2D eigenvalue weighted by molar-refractivity contribution is -0.139. The van der Waals surface area contributed by atoms with Gasteiger partial charge in [0.05, 0.1) is 5.69 Å². The predicted octanol–water partition coefficient (Wildman–Crippen LogP) is 2.11. The van der Waals surface area contributed by atoms with Gasteiger partial charge >= 0.3 is 5.97 Å². The van der Waals surface area contributed by atoms with Crippen molar-refractivity contribution < 1.29 is 24.5 Å². The Morgan fingerprint density at radius 1 is 1.05 bits per heavy atom. The Balaban J connectivity index is 2.13. The number of anilines is 1. The minimum Gasteiger partial charge on any atom is -0.508 e. The van der Waals surface area contributed by atoms with Gasteiger partial charge in [0.2, 0.25) is 0 Å². The van der Waals surface area contributed by atoms with E-state index in [4.69, 9.17) is 9.84 Å². The number of carboxylic acid groups (broad SMARTS) is 1. The van der Waals surface area contributed by atoms with Crippen molar-refractivity contribution in [2.75, 3.05) is 11.9 Å². The number of hydrogen-bond donors (Lipinski definition) is 3. The molecule has 0 aliphatic heterocycles. The molecular weight excluding hydrogens is 274 g/mol. The highest BCUT2D eigenvalue weighted by Crippen LogP contribution is 2.24. The number of carboxylic acids is 1. The Morgan fingerprint density at radius 2 is 1.71 bits per heavy atom. The molecule has 0 spiro atoms. The monoisotopic (exact) mass is 287 g/mol. The van der Waals surface area contributed by atoms with E-state index in [1.165, 1.54) is 24.3 Å². The van der Waals surface area contributed by atoms with Gasteiger partial charge in [-0.05, 0) is 36.4 Å². The number of rotatable bonds is 5. The lowest BCUT2D eigenvalue weighted by atomic mass is 10.2. The largest absolute Gasteiger partial charge is 0.508 e. The van der Waals surface area contributed by atoms with Crippen molar-refractivity contribution in [3.05, 3.63) is 54.1 Å². The highest BCUT2D eigenvalue weighted by Gasteiger charge is 2.10. The highest BCUT2D eigenvalue weighted by molar-refractivity contribution is 6.05. The van der Waals surface area contributed by atoms with E-state index < -0.39 is 12.6 Å². The molecule has 21 heavy (non-hydrogen) atoms. The molecule has 2 aromatic carbocycles. The predicted molar refractivity (Wildman–Crippen MR) is 75.6 cm³/mol. The van der Waals surface area contributed by atoms with Crippen LogP contribution in [0, 0.1) is 0 Å². The van der Waals surface area contributed by atoms with Crippen LogP contribution in [0.2, 0.25) is 0 Å². The second kappa shape index (κ2) is 6.42. The van der Waals surface area contributed by atoms with Crippen LogP contribution in [0.1, 0.15) is 10.4 Å². The van der Waals surface area contributed by atoms with E-state index in [1.54, 1.807) is 24.3 Å². The number of carbonyl (C=O) groups excluding carboxylic acids is 1. The van der Waals surface area contributed by atoms with Crippen LogP contribution in [0.3, 0.4) is 0 Å². The molecule has 0 heterocycles. The summed E-state index contributed by atoms with van der Waals surface area (Å²) in [6.07, 6.45) is 0. The van der Waals surface area contributed by atoms with Crippen LogP contribution in [0.4, 0.5) is 5.69 Å². The third-order valence-corrected chi connectivity index (χ3v) is 2.62. The first-order chi connectivity index (χ1) is 10.1. The molecule has 108 valence electrons. The van der Waals surface area contributed by atoms with Gasteiger partial charge in [-0.1, -0.05) is 12.1 Å². The number of carbonyl (C=O) groups is 2. The van der Waals surface area contributed by atoms with Gasteiger partial charge in [0.15, 0.2) is 6.61 Å². The molecule has 0 saturated carbocycles. The van der Waals surface area contributed by atoms with Gasteiger partial charge in [-0.15, -0.1) is 0 Å². The Bertz CT molecular complexity index is 651. The smallest absolute Gasteiger partial charge is 0.341 e. The van der Waals surface area contributed by atoms with E-state index in [9.17, 15) is 14.7 Å². The standard InChI is InChI=1S/C15H13NO5/c17-11-7-5-10(6-8-11)15(20)16-12-3-1-2-4-13(12)21-9-14(18)19/h1-8,17H,9H2,(H,16,20)(H,18,19). The minimum atomic E-state index is -1.10. The van der Waals surface area contributed by atoms with Crippen molar-refractivity contribution in [2.24, 2.45) is 0 Å². The number of phenols is 1. The van der Waals surface area contributed by atoms with Gasteiger partial charge in [0.1, 0.15) is 11.5 Å². The summed E-state index contributed by atoms with van der Waals surface area (Å²) in [5.41, 5.74) is 0.734. The summed E-state index contributed by atoms with van der Waals surface area (Å²) >= 11 is 0. The molecule has 0 fully saturated rings. The van der Waals surface area contributed by atoms with Crippen LogP contribution in [0.5, 0.6) is 11.5 Å². The maximum Gasteiger partial charge on any atom is 0.341 e. The fourth-order valence-electron chi connectivity index (χ4n) is 1.64. The molecule has 6 heteroatoms. The zero-order valence-electron chi connectivity index (χ0n) is 10.9. The maximum absolute atomic E-state index is 12.1. The number of amides is 1. The second-order valence-corrected chi connectivity index (χ2v) is 4.18. The number of phenolic OH excluding ortho intramolecular Hbond substituents is 1. The lowest BCUT2D eigenvalue weighted by Crippen LogP contribution is -2.14. The quantitative estimate of drug-likeness (QED) is 0.782. The van der Waals surface area contributed by atoms with Crippen LogP contribution in [-0.4, -0.2) is 28.7 Å². The average molecular weight is 287 g/mol. The summed E-state index contributed by atoms with van der Waals surface area (Å²) < 4.78 is 5.10. The van der Waals surface area contributed by atoms with E-state index in [-0.39, 0.29) is 17.4 Å². The number of benzene rings is 2. The number of ether oxygens (including phenoxy) is 1. The molecule has 0 aliphatic carbocycles. The zero-order valence-corrected chi connectivity index (χ0v) is 10.9. The van der Waals surface area contributed by atoms with Crippen molar-refractivity contribution >= 4 is 17.6 Å². The van der Waals surface area contributed by atoms with Crippen molar-refractivity contribution in [1.82, 2.24) is 0 Å². The third kappa shape index (κ3) is 3.97. The fraction of sp³-hybridized carbons (Fsp3) is 0.0667. The SMILES string of the molecule is O=C(O)COc1ccccc1NC(=O)c1ccc(O)cc1. The molecule has 0 unspecified atom stereocenters. The molecular formula is C15H13NO5. The molecule has 0 saturated heterocycles. The summed E-state index contributed by atoms with van der Waals surface area (Å²) in [5, 5.41) is 20.4. The summed E-state index contributed by atoms with van der Waals surface area (Å²) in [5.74, 6) is -1.15. The van der Waals surface area contributed by atoms with Crippen molar-refractivity contribution in [3.63, 3.8) is 0 Å².